The van der Waals surface area contributed by atoms with Gasteiger partial charge in [-0.05, 0) is 77.0 Å². The number of hydrogen-bond acceptors (Lipinski definition) is 3. The molecule has 3 rings (SSSR count). The average molecular weight is 367 g/mol. The second kappa shape index (κ2) is 5.77. The Bertz CT molecular complexity index is 775. The monoisotopic (exact) mass is 366 g/mol. The minimum Gasteiger partial charge on any atom is -0.263 e. The van der Waals surface area contributed by atoms with Crippen LogP contribution in [-0.2, 0) is 22.9 Å². The summed E-state index contributed by atoms with van der Waals surface area (Å²) in [6.45, 7) is 0. The first-order valence-corrected chi connectivity index (χ1v) is 9.09. The van der Waals surface area contributed by atoms with Gasteiger partial charge in [-0.15, -0.1) is 0 Å². The molecule has 0 spiro atoms. The van der Waals surface area contributed by atoms with Crippen LogP contribution < -0.4 is 4.72 Å². The van der Waals surface area contributed by atoms with E-state index in [1.165, 1.54) is 12.0 Å². The van der Waals surface area contributed by atoms with E-state index in [0.29, 0.717) is 15.3 Å². The van der Waals surface area contributed by atoms with E-state index >= 15 is 0 Å². The first-order valence-electron chi connectivity index (χ1n) is 6.82. The first kappa shape index (κ1) is 14.5. The average Bonchev–Trinajstić information content (AvgIpc) is 2.46. The van der Waals surface area contributed by atoms with Crippen molar-refractivity contribution in [3.8, 4) is 0 Å². The predicted molar refractivity (Wildman–Crippen MR) is 85.8 cm³/mol. The van der Waals surface area contributed by atoms with Crippen LogP contribution in [0.25, 0.3) is 0 Å². The number of hydrogen-bond donors (Lipinski definition) is 1. The molecule has 4 nitrogen and oxygen atoms in total. The molecule has 0 saturated heterocycles. The Labute approximate surface area is 132 Å². The molecule has 1 heterocycles. The molecular weight excluding hydrogens is 352 g/mol. The van der Waals surface area contributed by atoms with Crippen LogP contribution in [0.15, 0.2) is 45.9 Å². The van der Waals surface area contributed by atoms with Crippen LogP contribution in [0, 0.1) is 0 Å². The normalized spacial score (nSPS) is 14.5. The zero-order valence-electron chi connectivity index (χ0n) is 11.3. The Kier molecular flexibility index (Phi) is 3.99. The standard InChI is InChI=1S/C15H15BrN2O2S/c16-14-6-3-7-15(17-14)18-21(19,20)13-9-8-11-4-1-2-5-12(11)10-13/h3,6-10H,1-2,4-5H2,(H,17,18). The maximum absolute atomic E-state index is 12.4. The predicted octanol–water partition coefficient (Wildman–Crippen LogP) is 3.52. The molecule has 0 saturated carbocycles. The van der Waals surface area contributed by atoms with Crippen LogP contribution in [0.1, 0.15) is 24.0 Å². The topological polar surface area (TPSA) is 59.1 Å². The van der Waals surface area contributed by atoms with Gasteiger partial charge in [-0.3, -0.25) is 4.72 Å². The number of nitrogens with zero attached hydrogens (tertiary/aromatic N) is 1. The van der Waals surface area contributed by atoms with Gasteiger partial charge in [0.2, 0.25) is 0 Å². The Morgan fingerprint density at radius 1 is 1.05 bits per heavy atom. The van der Waals surface area contributed by atoms with E-state index in [1.807, 2.05) is 6.07 Å². The SMILES string of the molecule is O=S(=O)(Nc1cccc(Br)n1)c1ccc2c(c1)CCCC2. The third-order valence-electron chi connectivity index (χ3n) is 3.58. The molecule has 0 radical (unpaired) electrons. The van der Waals surface area contributed by atoms with Crippen LogP contribution >= 0.6 is 15.9 Å². The van der Waals surface area contributed by atoms with Gasteiger partial charge in [0.25, 0.3) is 10.0 Å². The Hall–Kier alpha value is -1.40. The number of pyridine rings is 1. The van der Waals surface area contributed by atoms with Crippen LogP contribution in [0.5, 0.6) is 0 Å². The van der Waals surface area contributed by atoms with Crippen LogP contribution in [0.2, 0.25) is 0 Å². The molecule has 0 aliphatic heterocycles. The number of benzene rings is 1. The summed E-state index contributed by atoms with van der Waals surface area (Å²) in [7, 11) is -3.60. The number of halogens is 1. The highest BCUT2D eigenvalue weighted by atomic mass is 79.9. The lowest BCUT2D eigenvalue weighted by Crippen LogP contribution is -2.15. The van der Waals surface area contributed by atoms with E-state index < -0.39 is 10.0 Å². The molecule has 0 unspecified atom stereocenters. The zero-order chi connectivity index (χ0) is 14.9. The quantitative estimate of drug-likeness (QED) is 0.845. The van der Waals surface area contributed by atoms with Gasteiger partial charge >= 0.3 is 0 Å². The summed E-state index contributed by atoms with van der Waals surface area (Å²) < 4.78 is 28.0. The van der Waals surface area contributed by atoms with Crippen molar-refractivity contribution in [3.63, 3.8) is 0 Å². The third kappa shape index (κ3) is 3.27. The summed E-state index contributed by atoms with van der Waals surface area (Å²) in [6, 6.07) is 10.5. The zero-order valence-corrected chi connectivity index (χ0v) is 13.7. The maximum Gasteiger partial charge on any atom is 0.263 e. The van der Waals surface area contributed by atoms with Gasteiger partial charge in [0, 0.05) is 0 Å². The fourth-order valence-electron chi connectivity index (χ4n) is 2.54. The van der Waals surface area contributed by atoms with Crippen molar-refractivity contribution in [2.24, 2.45) is 0 Å². The smallest absolute Gasteiger partial charge is 0.263 e. The summed E-state index contributed by atoms with van der Waals surface area (Å²) in [5.41, 5.74) is 2.41. The Morgan fingerprint density at radius 3 is 2.57 bits per heavy atom. The molecule has 0 fully saturated rings. The molecule has 1 aliphatic rings. The minimum atomic E-state index is -3.60. The summed E-state index contributed by atoms with van der Waals surface area (Å²) >= 11 is 3.23. The van der Waals surface area contributed by atoms with E-state index in [4.69, 9.17) is 0 Å². The van der Waals surface area contributed by atoms with Gasteiger partial charge in [0.05, 0.1) is 4.90 Å². The summed E-state index contributed by atoms with van der Waals surface area (Å²) in [6.07, 6.45) is 4.29. The Morgan fingerprint density at radius 2 is 1.81 bits per heavy atom. The molecule has 1 aliphatic carbocycles. The van der Waals surface area contributed by atoms with Gasteiger partial charge in [-0.2, -0.15) is 0 Å². The highest BCUT2D eigenvalue weighted by Gasteiger charge is 2.18. The number of rotatable bonds is 3. The van der Waals surface area contributed by atoms with Crippen molar-refractivity contribution in [2.45, 2.75) is 30.6 Å². The van der Waals surface area contributed by atoms with Gasteiger partial charge in [0.1, 0.15) is 10.4 Å². The lowest BCUT2D eigenvalue weighted by Gasteiger charge is -2.16. The Balaban J connectivity index is 1.91. The lowest BCUT2D eigenvalue weighted by molar-refractivity contribution is 0.600. The van der Waals surface area contributed by atoms with E-state index in [-0.39, 0.29) is 0 Å². The van der Waals surface area contributed by atoms with Gasteiger partial charge < -0.3 is 0 Å². The number of aromatic nitrogens is 1. The van der Waals surface area contributed by atoms with Crippen molar-refractivity contribution in [3.05, 3.63) is 52.1 Å². The highest BCUT2D eigenvalue weighted by molar-refractivity contribution is 9.10. The van der Waals surface area contributed by atoms with E-state index in [2.05, 4.69) is 25.6 Å². The van der Waals surface area contributed by atoms with E-state index in [1.54, 1.807) is 30.3 Å². The molecular formula is C15H15BrN2O2S. The molecule has 21 heavy (non-hydrogen) atoms. The number of fused-ring (bicyclic) bond motifs is 1. The van der Waals surface area contributed by atoms with Crippen LogP contribution in [0.4, 0.5) is 5.82 Å². The summed E-state index contributed by atoms with van der Waals surface area (Å²) in [4.78, 5) is 4.39. The summed E-state index contributed by atoms with van der Waals surface area (Å²) in [5, 5.41) is 0. The lowest BCUT2D eigenvalue weighted by atomic mass is 9.92. The highest BCUT2D eigenvalue weighted by Crippen LogP contribution is 2.25. The van der Waals surface area contributed by atoms with Crippen molar-refractivity contribution < 1.29 is 8.42 Å². The van der Waals surface area contributed by atoms with Crippen molar-refractivity contribution in [1.29, 1.82) is 0 Å². The molecule has 0 amide bonds. The van der Waals surface area contributed by atoms with Crippen LogP contribution in [-0.4, -0.2) is 13.4 Å². The van der Waals surface area contributed by atoms with E-state index in [0.717, 1.165) is 24.8 Å². The second-order valence-corrected chi connectivity index (χ2v) is 7.58. The molecule has 1 aromatic heterocycles. The molecule has 0 atom stereocenters. The number of nitrogens with one attached hydrogen (secondary N) is 1. The first-order chi connectivity index (χ1) is 10.0. The molecule has 110 valence electrons. The largest absolute Gasteiger partial charge is 0.263 e. The fraction of sp³-hybridized carbons (Fsp3) is 0.267. The third-order valence-corrected chi connectivity index (χ3v) is 5.38. The molecule has 2 aromatic rings. The molecule has 6 heteroatoms. The number of aryl methyl sites for hydroxylation is 2. The van der Waals surface area contributed by atoms with Crippen molar-refractivity contribution in [1.82, 2.24) is 4.98 Å². The van der Waals surface area contributed by atoms with Crippen molar-refractivity contribution in [2.75, 3.05) is 4.72 Å². The number of anilines is 1. The fourth-order valence-corrected chi connectivity index (χ4v) is 3.93. The molecule has 0 bridgehead atoms. The number of sulfonamides is 1. The van der Waals surface area contributed by atoms with Crippen LogP contribution in [0.3, 0.4) is 0 Å². The van der Waals surface area contributed by atoms with E-state index in [9.17, 15) is 8.42 Å². The second-order valence-electron chi connectivity index (χ2n) is 5.09. The van der Waals surface area contributed by atoms with Gasteiger partial charge in [-0.25, -0.2) is 13.4 Å². The maximum atomic E-state index is 12.4. The van der Waals surface area contributed by atoms with Gasteiger partial charge in [0.15, 0.2) is 0 Å². The van der Waals surface area contributed by atoms with Crippen molar-refractivity contribution >= 4 is 31.8 Å². The summed E-state index contributed by atoms with van der Waals surface area (Å²) in [5.74, 6) is 0.307. The molecule has 1 N–H and O–H groups in total. The molecule has 1 aromatic carbocycles. The van der Waals surface area contributed by atoms with Gasteiger partial charge in [-0.1, -0.05) is 12.1 Å². The minimum absolute atomic E-state index is 0.296.